The molecule has 0 bridgehead atoms. The molecule has 1 saturated carbocycles. The molecule has 1 aliphatic carbocycles. The lowest BCUT2D eigenvalue weighted by Crippen LogP contribution is -2.19. The summed E-state index contributed by atoms with van der Waals surface area (Å²) in [5.41, 5.74) is 0.118. The van der Waals surface area contributed by atoms with Gasteiger partial charge < -0.3 is 5.11 Å². The summed E-state index contributed by atoms with van der Waals surface area (Å²) in [6.45, 7) is 6.40. The van der Waals surface area contributed by atoms with Crippen LogP contribution in [0.4, 0.5) is 0 Å². The first-order chi connectivity index (χ1) is 6.47. The average molecular weight is 194 g/mol. The van der Waals surface area contributed by atoms with E-state index in [-0.39, 0.29) is 11.5 Å². The Morgan fingerprint density at radius 2 is 2.00 bits per heavy atom. The summed E-state index contributed by atoms with van der Waals surface area (Å²) in [6.07, 6.45) is 5.26. The van der Waals surface area contributed by atoms with E-state index >= 15 is 0 Å². The van der Waals surface area contributed by atoms with Gasteiger partial charge in [0.05, 0.1) is 6.10 Å². The molecule has 2 atom stereocenters. The van der Waals surface area contributed by atoms with Crippen molar-refractivity contribution in [2.45, 2.75) is 59.0 Å². The molecule has 0 radical (unpaired) electrons. The fourth-order valence-corrected chi connectivity index (χ4v) is 1.91. The van der Waals surface area contributed by atoms with Crippen molar-refractivity contribution in [3.05, 3.63) is 0 Å². The minimum Gasteiger partial charge on any atom is -0.393 e. The fourth-order valence-electron chi connectivity index (χ4n) is 1.91. The minimum atomic E-state index is -0.0646. The van der Waals surface area contributed by atoms with Gasteiger partial charge in [0.15, 0.2) is 0 Å². The van der Waals surface area contributed by atoms with E-state index in [0.29, 0.717) is 5.92 Å². The van der Waals surface area contributed by atoms with Gasteiger partial charge in [0, 0.05) is 11.8 Å². The van der Waals surface area contributed by atoms with Gasteiger partial charge in [-0.1, -0.05) is 12.3 Å². The second kappa shape index (κ2) is 4.84. The number of hydrogen-bond donors (Lipinski definition) is 1. The van der Waals surface area contributed by atoms with Crippen molar-refractivity contribution in [3.8, 4) is 11.8 Å². The van der Waals surface area contributed by atoms with Crippen LogP contribution >= 0.6 is 0 Å². The van der Waals surface area contributed by atoms with Crippen LogP contribution in [0.5, 0.6) is 0 Å². The molecule has 0 amide bonds. The van der Waals surface area contributed by atoms with Gasteiger partial charge in [0.25, 0.3) is 0 Å². The lowest BCUT2D eigenvalue weighted by molar-refractivity contribution is 0.102. The number of aliphatic hydroxyl groups excluding tert-OH is 1. The molecule has 1 rings (SSSR count). The van der Waals surface area contributed by atoms with Gasteiger partial charge in [-0.3, -0.25) is 0 Å². The Hall–Kier alpha value is -0.480. The Labute approximate surface area is 87.9 Å². The first-order valence-electron chi connectivity index (χ1n) is 5.65. The zero-order chi connectivity index (χ0) is 10.6. The summed E-state index contributed by atoms with van der Waals surface area (Å²) in [4.78, 5) is 0. The predicted molar refractivity (Wildman–Crippen MR) is 59.8 cm³/mol. The van der Waals surface area contributed by atoms with E-state index in [0.717, 1.165) is 19.3 Å². The van der Waals surface area contributed by atoms with Crippen molar-refractivity contribution >= 4 is 0 Å². The summed E-state index contributed by atoms with van der Waals surface area (Å²) < 4.78 is 0. The molecule has 0 aromatic carbocycles. The number of aliphatic hydroxyl groups is 1. The Morgan fingerprint density at radius 3 is 2.57 bits per heavy atom. The maximum atomic E-state index is 9.49. The summed E-state index contributed by atoms with van der Waals surface area (Å²) in [5, 5.41) is 9.49. The van der Waals surface area contributed by atoms with E-state index in [4.69, 9.17) is 0 Å². The van der Waals surface area contributed by atoms with Crippen LogP contribution in [0.2, 0.25) is 0 Å². The van der Waals surface area contributed by atoms with E-state index in [1.54, 1.807) is 0 Å². The SMILES string of the molecule is CC(C)(C)C#CCC1CCCC(O)C1. The summed E-state index contributed by atoms with van der Waals surface area (Å²) in [5.74, 6) is 7.14. The van der Waals surface area contributed by atoms with Crippen LogP contribution in [0.1, 0.15) is 52.9 Å². The Bertz CT molecular complexity index is 226. The molecule has 80 valence electrons. The first kappa shape index (κ1) is 11.6. The molecule has 0 saturated heterocycles. The van der Waals surface area contributed by atoms with Gasteiger partial charge in [-0.15, -0.1) is 5.92 Å². The number of hydrogen-bond acceptors (Lipinski definition) is 1. The third kappa shape index (κ3) is 4.67. The van der Waals surface area contributed by atoms with Gasteiger partial charge >= 0.3 is 0 Å². The van der Waals surface area contributed by atoms with Crippen molar-refractivity contribution in [3.63, 3.8) is 0 Å². The zero-order valence-electron chi connectivity index (χ0n) is 9.64. The fraction of sp³-hybridized carbons (Fsp3) is 0.846. The van der Waals surface area contributed by atoms with Crippen LogP contribution in [0.3, 0.4) is 0 Å². The molecule has 0 heterocycles. The Kier molecular flexibility index (Phi) is 4.01. The molecule has 2 unspecified atom stereocenters. The van der Waals surface area contributed by atoms with Crippen molar-refractivity contribution < 1.29 is 5.11 Å². The van der Waals surface area contributed by atoms with Gasteiger partial charge in [-0.05, 0) is 46.0 Å². The normalized spacial score (nSPS) is 28.0. The van der Waals surface area contributed by atoms with E-state index in [9.17, 15) is 5.11 Å². The molecule has 1 aliphatic rings. The van der Waals surface area contributed by atoms with E-state index in [2.05, 4.69) is 32.6 Å². The van der Waals surface area contributed by atoms with Gasteiger partial charge in [-0.2, -0.15) is 0 Å². The standard InChI is InChI=1S/C13H22O/c1-13(2,3)9-5-7-11-6-4-8-12(14)10-11/h11-12,14H,4,6-8,10H2,1-3H3. The summed E-state index contributed by atoms with van der Waals surface area (Å²) >= 11 is 0. The predicted octanol–water partition coefficient (Wildman–Crippen LogP) is 2.98. The topological polar surface area (TPSA) is 20.2 Å². The quantitative estimate of drug-likeness (QED) is 0.636. The van der Waals surface area contributed by atoms with Gasteiger partial charge in [0.2, 0.25) is 0 Å². The highest BCUT2D eigenvalue weighted by atomic mass is 16.3. The van der Waals surface area contributed by atoms with Crippen molar-refractivity contribution in [1.82, 2.24) is 0 Å². The molecular formula is C13H22O. The average Bonchev–Trinajstić information content (AvgIpc) is 2.01. The molecule has 1 N–H and O–H groups in total. The van der Waals surface area contributed by atoms with E-state index in [1.807, 2.05) is 0 Å². The summed E-state index contributed by atoms with van der Waals surface area (Å²) in [6, 6.07) is 0. The smallest absolute Gasteiger partial charge is 0.0543 e. The Balaban J connectivity index is 2.33. The van der Waals surface area contributed by atoms with Crippen molar-refractivity contribution in [1.29, 1.82) is 0 Å². The minimum absolute atomic E-state index is 0.0646. The second-order valence-corrected chi connectivity index (χ2v) is 5.44. The highest BCUT2D eigenvalue weighted by Crippen LogP contribution is 2.26. The molecule has 1 heteroatoms. The lowest BCUT2D eigenvalue weighted by Gasteiger charge is -2.24. The van der Waals surface area contributed by atoms with Crippen molar-refractivity contribution in [2.75, 3.05) is 0 Å². The number of rotatable bonds is 1. The molecule has 0 aliphatic heterocycles. The maximum absolute atomic E-state index is 9.49. The largest absolute Gasteiger partial charge is 0.393 e. The van der Waals surface area contributed by atoms with Crippen LogP contribution in [0.25, 0.3) is 0 Å². The molecule has 1 nitrogen and oxygen atoms in total. The van der Waals surface area contributed by atoms with Crippen molar-refractivity contribution in [2.24, 2.45) is 11.3 Å². The third-order valence-electron chi connectivity index (χ3n) is 2.61. The molecule has 0 aromatic rings. The third-order valence-corrected chi connectivity index (χ3v) is 2.61. The van der Waals surface area contributed by atoms with Gasteiger partial charge in [0.1, 0.15) is 0 Å². The van der Waals surface area contributed by atoms with E-state index in [1.165, 1.54) is 12.8 Å². The van der Waals surface area contributed by atoms with E-state index < -0.39 is 0 Å². The highest BCUT2D eigenvalue weighted by Gasteiger charge is 2.19. The Morgan fingerprint density at radius 1 is 1.29 bits per heavy atom. The second-order valence-electron chi connectivity index (χ2n) is 5.44. The maximum Gasteiger partial charge on any atom is 0.0543 e. The molecule has 14 heavy (non-hydrogen) atoms. The molecule has 0 aromatic heterocycles. The molecule has 1 fully saturated rings. The van der Waals surface area contributed by atoms with Gasteiger partial charge in [-0.25, -0.2) is 0 Å². The lowest BCUT2D eigenvalue weighted by atomic mass is 9.85. The highest BCUT2D eigenvalue weighted by molar-refractivity contribution is 5.07. The monoisotopic (exact) mass is 194 g/mol. The zero-order valence-corrected chi connectivity index (χ0v) is 9.64. The molecule has 0 spiro atoms. The van der Waals surface area contributed by atoms with Crippen LogP contribution in [-0.2, 0) is 0 Å². The van der Waals surface area contributed by atoms with Crippen LogP contribution in [0, 0.1) is 23.2 Å². The summed E-state index contributed by atoms with van der Waals surface area (Å²) in [7, 11) is 0. The van der Waals surface area contributed by atoms with Crippen LogP contribution in [-0.4, -0.2) is 11.2 Å². The first-order valence-corrected chi connectivity index (χ1v) is 5.65. The molecular weight excluding hydrogens is 172 g/mol. The van der Waals surface area contributed by atoms with Crippen LogP contribution < -0.4 is 0 Å². The van der Waals surface area contributed by atoms with Crippen LogP contribution in [0.15, 0.2) is 0 Å².